The van der Waals surface area contributed by atoms with Crippen LogP contribution >= 0.6 is 0 Å². The third kappa shape index (κ3) is 4.14. The summed E-state index contributed by atoms with van der Waals surface area (Å²) in [5, 5.41) is 0. The molecule has 4 nitrogen and oxygen atoms in total. The Kier molecular flexibility index (Phi) is 5.39. The first-order chi connectivity index (χ1) is 13.2. The Labute approximate surface area is 160 Å². The van der Waals surface area contributed by atoms with Gasteiger partial charge in [0.2, 0.25) is 0 Å². The summed E-state index contributed by atoms with van der Waals surface area (Å²) in [5.41, 5.74) is 1.86. The van der Waals surface area contributed by atoms with Crippen molar-refractivity contribution in [3.8, 4) is 0 Å². The normalized spacial score (nSPS) is 21.3. The predicted molar refractivity (Wildman–Crippen MR) is 106 cm³/mol. The number of rotatable bonds is 3. The molecule has 2 heterocycles. The molecule has 0 aliphatic carbocycles. The van der Waals surface area contributed by atoms with E-state index in [9.17, 15) is 9.18 Å². The van der Waals surface area contributed by atoms with E-state index in [0.717, 1.165) is 52.1 Å². The highest BCUT2D eigenvalue weighted by molar-refractivity contribution is 5.94. The van der Waals surface area contributed by atoms with Gasteiger partial charge in [0.25, 0.3) is 5.91 Å². The molecule has 5 heteroatoms. The molecule has 2 aliphatic rings. The molecule has 2 aromatic rings. The van der Waals surface area contributed by atoms with Crippen molar-refractivity contribution in [2.24, 2.45) is 0 Å². The molecule has 0 spiro atoms. The second-order valence-corrected chi connectivity index (χ2v) is 7.41. The first-order valence-corrected chi connectivity index (χ1v) is 9.79. The van der Waals surface area contributed by atoms with Crippen LogP contribution in [-0.2, 0) is 0 Å². The molecule has 2 saturated heterocycles. The minimum Gasteiger partial charge on any atom is -0.369 e. The Balaban J connectivity index is 1.35. The largest absolute Gasteiger partial charge is 0.369 e. The van der Waals surface area contributed by atoms with Crippen LogP contribution in [0.1, 0.15) is 23.2 Å². The first kappa shape index (κ1) is 18.0. The van der Waals surface area contributed by atoms with Gasteiger partial charge in [-0.05, 0) is 49.2 Å². The SMILES string of the molecule is O=C(c1ccc(F)cc1)N1CCCC(N2CCN(c3ccccc3)CC2)C1. The van der Waals surface area contributed by atoms with Crippen molar-refractivity contribution in [3.63, 3.8) is 0 Å². The van der Waals surface area contributed by atoms with E-state index in [1.165, 1.54) is 17.8 Å². The number of hydrogen-bond donors (Lipinski definition) is 0. The van der Waals surface area contributed by atoms with Crippen molar-refractivity contribution < 1.29 is 9.18 Å². The zero-order chi connectivity index (χ0) is 18.6. The van der Waals surface area contributed by atoms with Crippen LogP contribution in [0.25, 0.3) is 0 Å². The molecule has 0 saturated carbocycles. The fourth-order valence-electron chi connectivity index (χ4n) is 4.20. The van der Waals surface area contributed by atoms with Crippen LogP contribution in [-0.4, -0.2) is 61.0 Å². The molecule has 0 aromatic heterocycles. The van der Waals surface area contributed by atoms with E-state index in [-0.39, 0.29) is 11.7 Å². The third-order valence-electron chi connectivity index (χ3n) is 5.73. The van der Waals surface area contributed by atoms with E-state index in [1.54, 1.807) is 12.1 Å². The molecule has 1 amide bonds. The summed E-state index contributed by atoms with van der Waals surface area (Å²) in [6.07, 6.45) is 2.16. The number of amides is 1. The molecule has 2 aliphatic heterocycles. The van der Waals surface area contributed by atoms with Crippen LogP contribution in [0.15, 0.2) is 54.6 Å². The van der Waals surface area contributed by atoms with E-state index in [1.807, 2.05) is 4.90 Å². The van der Waals surface area contributed by atoms with Gasteiger partial charge in [-0.1, -0.05) is 18.2 Å². The maximum Gasteiger partial charge on any atom is 0.253 e. The smallest absolute Gasteiger partial charge is 0.253 e. The van der Waals surface area contributed by atoms with Crippen LogP contribution < -0.4 is 4.90 Å². The van der Waals surface area contributed by atoms with Gasteiger partial charge >= 0.3 is 0 Å². The van der Waals surface area contributed by atoms with Gasteiger partial charge in [0.05, 0.1) is 0 Å². The monoisotopic (exact) mass is 367 g/mol. The molecular formula is C22H26FN3O. The van der Waals surface area contributed by atoms with Gasteiger partial charge in [0.1, 0.15) is 5.82 Å². The van der Waals surface area contributed by atoms with Gasteiger partial charge in [-0.2, -0.15) is 0 Å². The zero-order valence-corrected chi connectivity index (χ0v) is 15.6. The number of benzene rings is 2. The van der Waals surface area contributed by atoms with Crippen molar-refractivity contribution in [1.29, 1.82) is 0 Å². The number of likely N-dealkylation sites (tertiary alicyclic amines) is 1. The maximum absolute atomic E-state index is 13.1. The first-order valence-electron chi connectivity index (χ1n) is 9.79. The number of nitrogens with zero attached hydrogens (tertiary/aromatic N) is 3. The number of carbonyl (C=O) groups excluding carboxylic acids is 1. The molecule has 1 atom stereocenters. The Hall–Kier alpha value is -2.40. The van der Waals surface area contributed by atoms with Crippen molar-refractivity contribution in [2.45, 2.75) is 18.9 Å². The number of halogens is 1. The van der Waals surface area contributed by atoms with Crippen LogP contribution in [0, 0.1) is 5.82 Å². The summed E-state index contributed by atoms with van der Waals surface area (Å²) in [5.74, 6) is -0.290. The summed E-state index contributed by atoms with van der Waals surface area (Å²) in [4.78, 5) is 19.7. The molecule has 0 radical (unpaired) electrons. The maximum atomic E-state index is 13.1. The molecular weight excluding hydrogens is 341 g/mol. The third-order valence-corrected chi connectivity index (χ3v) is 5.73. The number of hydrogen-bond acceptors (Lipinski definition) is 3. The average molecular weight is 367 g/mol. The highest BCUT2D eigenvalue weighted by Gasteiger charge is 2.30. The molecule has 2 aromatic carbocycles. The molecule has 2 fully saturated rings. The number of para-hydroxylation sites is 1. The molecule has 0 N–H and O–H groups in total. The number of anilines is 1. The summed E-state index contributed by atoms with van der Waals surface area (Å²) < 4.78 is 13.1. The van der Waals surface area contributed by atoms with Gasteiger partial charge in [-0.3, -0.25) is 9.69 Å². The van der Waals surface area contributed by atoms with Gasteiger partial charge in [0, 0.05) is 56.6 Å². The second-order valence-electron chi connectivity index (χ2n) is 7.41. The minimum atomic E-state index is -0.306. The quantitative estimate of drug-likeness (QED) is 0.833. The lowest BCUT2D eigenvalue weighted by atomic mass is 10.0. The molecule has 142 valence electrons. The van der Waals surface area contributed by atoms with Gasteiger partial charge in [0.15, 0.2) is 0 Å². The lowest BCUT2D eigenvalue weighted by molar-refractivity contribution is 0.0563. The fourth-order valence-corrected chi connectivity index (χ4v) is 4.20. The predicted octanol–water partition coefficient (Wildman–Crippen LogP) is 3.25. The second kappa shape index (κ2) is 8.09. The van der Waals surface area contributed by atoms with Crippen LogP contribution in [0.2, 0.25) is 0 Å². The number of piperazine rings is 1. The zero-order valence-electron chi connectivity index (χ0n) is 15.6. The van der Waals surface area contributed by atoms with E-state index >= 15 is 0 Å². The number of carbonyl (C=O) groups is 1. The Bertz CT molecular complexity index is 757. The van der Waals surface area contributed by atoms with Crippen molar-refractivity contribution in [2.75, 3.05) is 44.2 Å². The van der Waals surface area contributed by atoms with E-state index in [4.69, 9.17) is 0 Å². The molecule has 1 unspecified atom stereocenters. The van der Waals surface area contributed by atoms with E-state index < -0.39 is 0 Å². The Morgan fingerprint density at radius 2 is 1.59 bits per heavy atom. The summed E-state index contributed by atoms with van der Waals surface area (Å²) in [7, 11) is 0. The highest BCUT2D eigenvalue weighted by atomic mass is 19.1. The number of piperidine rings is 1. The average Bonchev–Trinajstić information content (AvgIpc) is 2.75. The van der Waals surface area contributed by atoms with Crippen LogP contribution in [0.5, 0.6) is 0 Å². The summed E-state index contributed by atoms with van der Waals surface area (Å²) >= 11 is 0. The van der Waals surface area contributed by atoms with E-state index in [2.05, 4.69) is 40.1 Å². The molecule has 4 rings (SSSR count). The fraction of sp³-hybridized carbons (Fsp3) is 0.409. The lowest BCUT2D eigenvalue weighted by Gasteiger charge is -2.44. The Morgan fingerprint density at radius 1 is 0.889 bits per heavy atom. The standard InChI is InChI=1S/C22H26FN3O/c23-19-10-8-18(9-11-19)22(27)26-12-4-7-21(17-26)25-15-13-24(14-16-25)20-5-2-1-3-6-20/h1-3,5-6,8-11,21H,4,7,12-17H2. The topological polar surface area (TPSA) is 26.8 Å². The Morgan fingerprint density at radius 3 is 2.30 bits per heavy atom. The summed E-state index contributed by atoms with van der Waals surface area (Å²) in [6.45, 7) is 5.65. The van der Waals surface area contributed by atoms with Gasteiger partial charge in [-0.25, -0.2) is 4.39 Å². The van der Waals surface area contributed by atoms with Crippen molar-refractivity contribution in [1.82, 2.24) is 9.80 Å². The molecule has 27 heavy (non-hydrogen) atoms. The lowest BCUT2D eigenvalue weighted by Crippen LogP contribution is -2.55. The minimum absolute atomic E-state index is 0.0163. The van der Waals surface area contributed by atoms with Crippen molar-refractivity contribution in [3.05, 3.63) is 66.0 Å². The van der Waals surface area contributed by atoms with Crippen molar-refractivity contribution >= 4 is 11.6 Å². The van der Waals surface area contributed by atoms with Crippen LogP contribution in [0.3, 0.4) is 0 Å². The van der Waals surface area contributed by atoms with Gasteiger partial charge < -0.3 is 9.80 Å². The van der Waals surface area contributed by atoms with Crippen LogP contribution in [0.4, 0.5) is 10.1 Å². The van der Waals surface area contributed by atoms with E-state index in [0.29, 0.717) is 11.6 Å². The highest BCUT2D eigenvalue weighted by Crippen LogP contribution is 2.22. The summed E-state index contributed by atoms with van der Waals surface area (Å²) in [6, 6.07) is 16.9. The van der Waals surface area contributed by atoms with Gasteiger partial charge in [-0.15, -0.1) is 0 Å². The molecule has 0 bridgehead atoms.